The number of aliphatic hydroxyl groups is 2. The Kier molecular flexibility index (Phi) is 3.71. The lowest BCUT2D eigenvalue weighted by Gasteiger charge is -2.21. The minimum absolute atomic E-state index is 0.163. The second kappa shape index (κ2) is 4.67. The summed E-state index contributed by atoms with van der Waals surface area (Å²) in [7, 11) is 0. The molecule has 92 valence electrons. The molecule has 0 radical (unpaired) electrons. The number of carbonyl (C=O) groups excluding carboxylic acids is 1. The molecule has 1 rings (SSSR count). The van der Waals surface area contributed by atoms with Crippen molar-refractivity contribution in [3.8, 4) is 0 Å². The minimum atomic E-state index is -1.31. The Morgan fingerprint density at radius 2 is 2.19 bits per heavy atom. The van der Waals surface area contributed by atoms with Crippen molar-refractivity contribution in [2.45, 2.75) is 25.0 Å². The molecule has 0 bridgehead atoms. The summed E-state index contributed by atoms with van der Waals surface area (Å²) in [5.74, 6) is -1.29. The Balaban J connectivity index is 2.50. The van der Waals surface area contributed by atoms with Gasteiger partial charge in [0.1, 0.15) is 0 Å². The summed E-state index contributed by atoms with van der Waals surface area (Å²) in [5, 5.41) is 29.2. The number of nitrogens with zero attached hydrogens (tertiary/aromatic N) is 1. The predicted octanol–water partition coefficient (Wildman–Crippen LogP) is -1.40. The molecule has 1 aliphatic rings. The van der Waals surface area contributed by atoms with E-state index in [2.05, 4.69) is 5.32 Å². The van der Waals surface area contributed by atoms with E-state index < -0.39 is 30.3 Å². The quantitative estimate of drug-likeness (QED) is 0.478. The van der Waals surface area contributed by atoms with Gasteiger partial charge in [0.15, 0.2) is 6.04 Å². The number of amides is 2. The number of carboxylic acid groups (broad SMARTS) is 1. The number of carboxylic acids is 1. The van der Waals surface area contributed by atoms with E-state index in [1.54, 1.807) is 6.92 Å². The third kappa shape index (κ3) is 3.07. The van der Waals surface area contributed by atoms with Crippen LogP contribution in [0.2, 0.25) is 0 Å². The summed E-state index contributed by atoms with van der Waals surface area (Å²) >= 11 is 0. The van der Waals surface area contributed by atoms with Gasteiger partial charge in [0, 0.05) is 6.54 Å². The van der Waals surface area contributed by atoms with Crippen LogP contribution in [0.25, 0.3) is 0 Å². The Morgan fingerprint density at radius 1 is 1.56 bits per heavy atom. The van der Waals surface area contributed by atoms with Gasteiger partial charge < -0.3 is 25.5 Å². The predicted molar refractivity (Wildman–Crippen MR) is 53.9 cm³/mol. The molecule has 0 aliphatic carbocycles. The van der Waals surface area contributed by atoms with E-state index in [1.807, 2.05) is 0 Å². The van der Waals surface area contributed by atoms with Crippen molar-refractivity contribution in [1.82, 2.24) is 10.2 Å². The minimum Gasteiger partial charge on any atom is -0.480 e. The van der Waals surface area contributed by atoms with Crippen LogP contribution >= 0.6 is 0 Å². The van der Waals surface area contributed by atoms with Crippen molar-refractivity contribution >= 4 is 12.0 Å². The van der Waals surface area contributed by atoms with Crippen LogP contribution in [0.5, 0.6) is 0 Å². The zero-order chi connectivity index (χ0) is 12.3. The maximum Gasteiger partial charge on any atom is 0.328 e. The number of β-amino-alcohol motifs (C(OH)–C–C–N with tert-alkyl or cyclic N) is 1. The number of hydrogen-bond donors (Lipinski definition) is 4. The zero-order valence-electron chi connectivity index (χ0n) is 9.01. The lowest BCUT2D eigenvalue weighted by molar-refractivity contribution is -0.140. The van der Waals surface area contributed by atoms with Gasteiger partial charge in [0.25, 0.3) is 0 Å². The second-order valence-electron chi connectivity index (χ2n) is 4.19. The molecule has 2 unspecified atom stereocenters. The highest BCUT2D eigenvalue weighted by Gasteiger charge is 2.35. The highest BCUT2D eigenvalue weighted by Crippen LogP contribution is 2.19. The molecule has 1 aliphatic heterocycles. The van der Waals surface area contributed by atoms with Gasteiger partial charge in [-0.15, -0.1) is 0 Å². The number of aliphatic hydroxyl groups excluding tert-OH is 1. The zero-order valence-corrected chi connectivity index (χ0v) is 9.01. The van der Waals surface area contributed by atoms with Crippen LogP contribution in [0.1, 0.15) is 13.3 Å². The largest absolute Gasteiger partial charge is 0.480 e. The Hall–Kier alpha value is -1.34. The van der Waals surface area contributed by atoms with Gasteiger partial charge in [-0.25, -0.2) is 9.59 Å². The number of urea groups is 1. The van der Waals surface area contributed by atoms with E-state index in [0.717, 1.165) is 0 Å². The van der Waals surface area contributed by atoms with Gasteiger partial charge in [-0.05, 0) is 13.3 Å². The smallest absolute Gasteiger partial charge is 0.328 e. The van der Waals surface area contributed by atoms with Gasteiger partial charge in [-0.2, -0.15) is 0 Å². The highest BCUT2D eigenvalue weighted by atomic mass is 16.4. The van der Waals surface area contributed by atoms with Crippen LogP contribution in [-0.4, -0.2) is 63.6 Å². The van der Waals surface area contributed by atoms with E-state index in [4.69, 9.17) is 10.2 Å². The van der Waals surface area contributed by atoms with Crippen LogP contribution < -0.4 is 5.32 Å². The first-order chi connectivity index (χ1) is 7.35. The monoisotopic (exact) mass is 232 g/mol. The molecule has 1 saturated heterocycles. The first-order valence-corrected chi connectivity index (χ1v) is 4.97. The average Bonchev–Trinajstić information content (AvgIpc) is 2.54. The van der Waals surface area contributed by atoms with Crippen molar-refractivity contribution in [2.75, 3.05) is 19.7 Å². The lowest BCUT2D eigenvalue weighted by atomic mass is 10.1. The van der Waals surface area contributed by atoms with E-state index in [-0.39, 0.29) is 6.54 Å². The van der Waals surface area contributed by atoms with E-state index in [1.165, 1.54) is 4.90 Å². The van der Waals surface area contributed by atoms with Crippen molar-refractivity contribution in [3.63, 3.8) is 0 Å². The highest BCUT2D eigenvalue weighted by molar-refractivity contribution is 5.82. The summed E-state index contributed by atoms with van der Waals surface area (Å²) in [6.45, 7) is 1.49. The van der Waals surface area contributed by atoms with Crippen LogP contribution in [-0.2, 0) is 4.79 Å². The third-order valence-electron chi connectivity index (χ3n) is 2.52. The SMILES string of the molecule is CC1(O)CCN(C(=O)NC(CO)C(=O)O)C1. The topological polar surface area (TPSA) is 110 Å². The van der Waals surface area contributed by atoms with Crippen LogP contribution in [0.3, 0.4) is 0 Å². The van der Waals surface area contributed by atoms with Gasteiger partial charge in [0.2, 0.25) is 0 Å². The molecule has 0 aromatic heterocycles. The van der Waals surface area contributed by atoms with Gasteiger partial charge in [-0.1, -0.05) is 0 Å². The molecule has 2 amide bonds. The van der Waals surface area contributed by atoms with Crippen LogP contribution in [0.4, 0.5) is 4.79 Å². The molecule has 0 aromatic rings. The fraction of sp³-hybridized carbons (Fsp3) is 0.778. The van der Waals surface area contributed by atoms with Gasteiger partial charge >= 0.3 is 12.0 Å². The van der Waals surface area contributed by atoms with Gasteiger partial charge in [-0.3, -0.25) is 0 Å². The number of rotatable bonds is 3. The molecule has 1 fully saturated rings. The summed E-state index contributed by atoms with van der Waals surface area (Å²) < 4.78 is 0. The molecule has 7 heteroatoms. The third-order valence-corrected chi connectivity index (χ3v) is 2.52. The maximum absolute atomic E-state index is 11.5. The Labute approximate surface area is 92.7 Å². The molecule has 7 nitrogen and oxygen atoms in total. The molecular weight excluding hydrogens is 216 g/mol. The van der Waals surface area contributed by atoms with E-state index >= 15 is 0 Å². The molecule has 2 atom stereocenters. The number of aliphatic carboxylic acids is 1. The molecule has 0 aromatic carbocycles. The molecule has 0 spiro atoms. The maximum atomic E-state index is 11.5. The molecular formula is C9H16N2O5. The summed E-state index contributed by atoms with van der Waals surface area (Å²) in [4.78, 5) is 23.4. The number of hydrogen-bond acceptors (Lipinski definition) is 4. The van der Waals surface area contributed by atoms with Crippen molar-refractivity contribution in [2.24, 2.45) is 0 Å². The Morgan fingerprint density at radius 3 is 2.56 bits per heavy atom. The summed E-state index contributed by atoms with van der Waals surface area (Å²) in [6.07, 6.45) is 0.456. The number of carbonyl (C=O) groups is 2. The first kappa shape index (κ1) is 12.7. The molecule has 16 heavy (non-hydrogen) atoms. The fourth-order valence-corrected chi connectivity index (χ4v) is 1.54. The fourth-order valence-electron chi connectivity index (χ4n) is 1.54. The first-order valence-electron chi connectivity index (χ1n) is 4.97. The lowest BCUT2D eigenvalue weighted by Crippen LogP contribution is -2.49. The average molecular weight is 232 g/mol. The van der Waals surface area contributed by atoms with Crippen molar-refractivity contribution < 1.29 is 24.9 Å². The van der Waals surface area contributed by atoms with Crippen LogP contribution in [0.15, 0.2) is 0 Å². The molecule has 4 N–H and O–H groups in total. The van der Waals surface area contributed by atoms with Crippen LogP contribution in [0, 0.1) is 0 Å². The van der Waals surface area contributed by atoms with E-state index in [0.29, 0.717) is 13.0 Å². The number of likely N-dealkylation sites (tertiary alicyclic amines) is 1. The number of nitrogens with one attached hydrogen (secondary N) is 1. The standard InChI is InChI=1S/C9H16N2O5/c1-9(16)2-3-11(5-9)8(15)10-6(4-12)7(13)14/h6,12,16H,2-5H2,1H3,(H,10,15)(H,13,14). The summed E-state index contributed by atoms with van der Waals surface area (Å²) in [5.41, 5.74) is -0.921. The second-order valence-corrected chi connectivity index (χ2v) is 4.19. The van der Waals surface area contributed by atoms with Crippen molar-refractivity contribution in [3.05, 3.63) is 0 Å². The van der Waals surface area contributed by atoms with E-state index in [9.17, 15) is 14.7 Å². The van der Waals surface area contributed by atoms with Crippen molar-refractivity contribution in [1.29, 1.82) is 0 Å². The molecule has 0 saturated carbocycles. The molecule has 1 heterocycles. The Bertz CT molecular complexity index is 292. The van der Waals surface area contributed by atoms with Gasteiger partial charge in [0.05, 0.1) is 18.8 Å². The summed E-state index contributed by atoms with van der Waals surface area (Å²) in [6, 6.07) is -1.89. The normalized spacial score (nSPS) is 26.6.